The Morgan fingerprint density at radius 1 is 1.00 bits per heavy atom. The Labute approximate surface area is 274 Å². The summed E-state index contributed by atoms with van der Waals surface area (Å²) in [5, 5.41) is 14.1. The van der Waals surface area contributed by atoms with Crippen LogP contribution in [0.15, 0.2) is 54.6 Å². The second-order valence-electron chi connectivity index (χ2n) is 13.6. The van der Waals surface area contributed by atoms with Gasteiger partial charge in [0.25, 0.3) is 5.91 Å². The van der Waals surface area contributed by atoms with Crippen molar-refractivity contribution >= 4 is 28.6 Å². The molecule has 4 fully saturated rings. The molecule has 0 aromatic heterocycles. The lowest BCUT2D eigenvalue weighted by atomic mass is 9.46. The SMILES string of the molecule is CCOC(=O)[C@H](C)O[C@]12C[C@@H]3C[C@@H](CC([C@H](NC(=O)c4ccc5cc(F)ccc5c4OCc4ccc(C(F)(F)F)cc4)C(=O)O)(C3)C1)C2. The maximum Gasteiger partial charge on any atom is 0.416 e. The minimum Gasteiger partial charge on any atom is -0.487 e. The van der Waals surface area contributed by atoms with E-state index >= 15 is 0 Å². The van der Waals surface area contributed by atoms with Crippen LogP contribution >= 0.6 is 0 Å². The van der Waals surface area contributed by atoms with Crippen molar-refractivity contribution in [2.24, 2.45) is 17.3 Å². The second kappa shape index (κ2) is 12.7. The summed E-state index contributed by atoms with van der Waals surface area (Å²) in [6.45, 7) is 3.35. The minimum atomic E-state index is -4.51. The average molecular weight is 672 g/mol. The van der Waals surface area contributed by atoms with Crippen molar-refractivity contribution in [1.82, 2.24) is 5.32 Å². The summed E-state index contributed by atoms with van der Waals surface area (Å²) >= 11 is 0. The summed E-state index contributed by atoms with van der Waals surface area (Å²) in [6.07, 6.45) is -1.53. The summed E-state index contributed by atoms with van der Waals surface area (Å²) in [6, 6.07) is 9.93. The van der Waals surface area contributed by atoms with Crippen molar-refractivity contribution in [3.63, 3.8) is 0 Å². The molecule has 4 bridgehead atoms. The van der Waals surface area contributed by atoms with Crippen LogP contribution in [0.25, 0.3) is 10.8 Å². The second-order valence-corrected chi connectivity index (χ2v) is 13.6. The Balaban J connectivity index is 1.29. The van der Waals surface area contributed by atoms with Crippen LogP contribution in [-0.2, 0) is 31.8 Å². The molecule has 12 heteroatoms. The number of nitrogens with one attached hydrogen (secondary N) is 1. The zero-order chi connectivity index (χ0) is 34.4. The number of ether oxygens (including phenoxy) is 3. The maximum atomic E-state index is 14.1. The first kappa shape index (κ1) is 33.7. The molecule has 4 saturated carbocycles. The molecule has 4 aliphatic carbocycles. The summed E-state index contributed by atoms with van der Waals surface area (Å²) in [7, 11) is 0. The van der Waals surface area contributed by atoms with Crippen molar-refractivity contribution in [1.29, 1.82) is 0 Å². The molecule has 2 N–H and O–H groups in total. The van der Waals surface area contributed by atoms with E-state index in [-0.39, 0.29) is 36.4 Å². The number of amides is 1. The molecule has 7 rings (SSSR count). The number of aliphatic carboxylic acids is 1. The van der Waals surface area contributed by atoms with Gasteiger partial charge in [0.05, 0.1) is 23.3 Å². The fourth-order valence-corrected chi connectivity index (χ4v) is 8.64. The highest BCUT2D eigenvalue weighted by Gasteiger charge is 2.63. The van der Waals surface area contributed by atoms with Gasteiger partial charge >= 0.3 is 18.1 Å². The number of esters is 1. The average Bonchev–Trinajstić information content (AvgIpc) is 3.01. The van der Waals surface area contributed by atoms with E-state index in [4.69, 9.17) is 14.2 Å². The molecule has 1 amide bonds. The highest BCUT2D eigenvalue weighted by molar-refractivity contribution is 6.05. The number of hydrogen-bond acceptors (Lipinski definition) is 6. The largest absolute Gasteiger partial charge is 0.487 e. The van der Waals surface area contributed by atoms with Gasteiger partial charge in [0, 0.05) is 10.8 Å². The number of carboxylic acid groups (broad SMARTS) is 1. The lowest BCUT2D eigenvalue weighted by Crippen LogP contribution is -2.65. The van der Waals surface area contributed by atoms with Crippen LogP contribution in [-0.4, -0.2) is 47.3 Å². The summed E-state index contributed by atoms with van der Waals surface area (Å²) in [5.74, 6) is -2.55. The molecule has 0 aliphatic heterocycles. The number of rotatable bonds is 11. The van der Waals surface area contributed by atoms with E-state index in [0.29, 0.717) is 48.4 Å². The topological polar surface area (TPSA) is 111 Å². The first-order chi connectivity index (χ1) is 22.7. The number of hydrogen-bond donors (Lipinski definition) is 2. The van der Waals surface area contributed by atoms with E-state index in [1.54, 1.807) is 13.8 Å². The molecule has 0 radical (unpaired) electrons. The van der Waals surface area contributed by atoms with Crippen LogP contribution in [0.5, 0.6) is 5.75 Å². The minimum absolute atomic E-state index is 0.00102. The third-order valence-electron chi connectivity index (χ3n) is 10.1. The summed E-state index contributed by atoms with van der Waals surface area (Å²) in [5.41, 5.74) is -1.98. The quantitative estimate of drug-likeness (QED) is 0.166. The van der Waals surface area contributed by atoms with Gasteiger partial charge in [-0.15, -0.1) is 0 Å². The van der Waals surface area contributed by atoms with Gasteiger partial charge in [-0.3, -0.25) is 4.79 Å². The van der Waals surface area contributed by atoms with Crippen LogP contribution in [0, 0.1) is 23.1 Å². The third kappa shape index (κ3) is 6.59. The van der Waals surface area contributed by atoms with Crippen molar-refractivity contribution in [3.8, 4) is 5.75 Å². The number of halogens is 4. The Kier molecular flexibility index (Phi) is 8.91. The normalized spacial score (nSPS) is 25.8. The van der Waals surface area contributed by atoms with E-state index in [1.165, 1.54) is 42.5 Å². The molecule has 6 atom stereocenters. The van der Waals surface area contributed by atoms with E-state index in [1.807, 2.05) is 0 Å². The molecule has 0 heterocycles. The zero-order valence-electron chi connectivity index (χ0n) is 26.6. The van der Waals surface area contributed by atoms with Gasteiger partial charge in [0.2, 0.25) is 0 Å². The first-order valence-corrected chi connectivity index (χ1v) is 16.1. The molecular formula is C36H37F4NO7. The number of carbonyl (C=O) groups excluding carboxylic acids is 2. The van der Waals surface area contributed by atoms with Gasteiger partial charge in [-0.2, -0.15) is 13.2 Å². The van der Waals surface area contributed by atoms with E-state index < -0.39 is 58.6 Å². The number of carbonyl (C=O) groups is 3. The van der Waals surface area contributed by atoms with E-state index in [0.717, 1.165) is 18.6 Å². The van der Waals surface area contributed by atoms with Crippen LogP contribution in [0.2, 0.25) is 0 Å². The maximum absolute atomic E-state index is 14.1. The third-order valence-corrected chi connectivity index (χ3v) is 10.1. The molecule has 4 aliphatic rings. The lowest BCUT2D eigenvalue weighted by molar-refractivity contribution is -0.224. The Morgan fingerprint density at radius 3 is 2.31 bits per heavy atom. The molecule has 8 nitrogen and oxygen atoms in total. The predicted molar refractivity (Wildman–Crippen MR) is 166 cm³/mol. The van der Waals surface area contributed by atoms with Crippen LogP contribution in [0.4, 0.5) is 17.6 Å². The lowest BCUT2D eigenvalue weighted by Gasteiger charge is -2.63. The van der Waals surface area contributed by atoms with Crippen LogP contribution in [0.1, 0.15) is 73.9 Å². The molecule has 0 spiro atoms. The van der Waals surface area contributed by atoms with Crippen molar-refractivity contribution in [3.05, 3.63) is 77.1 Å². The standard InChI is InChI=1S/C36H37F4NO7/c1-3-46-33(45)20(2)48-35-16-22-12-23(17-35)15-34(14-22,19-35)30(32(43)44)41-31(42)28-10-6-24-13-26(37)9-11-27(24)29(28)47-18-21-4-7-25(8-5-21)36(38,39)40/h4-11,13,20,22-23,30H,3,12,14-19H2,1-2H3,(H,41,42)(H,43,44)/t20-,22-,23+,30+,34?,35+/m0/s1. The van der Waals surface area contributed by atoms with Crippen LogP contribution < -0.4 is 10.1 Å². The Morgan fingerprint density at radius 2 is 1.69 bits per heavy atom. The fourth-order valence-electron chi connectivity index (χ4n) is 8.64. The number of fused-ring (bicyclic) bond motifs is 1. The molecule has 256 valence electrons. The monoisotopic (exact) mass is 671 g/mol. The van der Waals surface area contributed by atoms with Crippen LogP contribution in [0.3, 0.4) is 0 Å². The molecule has 3 aromatic carbocycles. The van der Waals surface area contributed by atoms with Crippen molar-refractivity contribution < 1.29 is 51.3 Å². The zero-order valence-corrected chi connectivity index (χ0v) is 26.6. The fraction of sp³-hybridized carbons (Fsp3) is 0.472. The van der Waals surface area contributed by atoms with E-state index in [9.17, 15) is 37.1 Å². The van der Waals surface area contributed by atoms with Gasteiger partial charge in [0.1, 0.15) is 24.2 Å². The number of benzene rings is 3. The highest BCUT2D eigenvalue weighted by atomic mass is 19.4. The van der Waals surface area contributed by atoms with Gasteiger partial charge in [-0.1, -0.05) is 18.2 Å². The van der Waals surface area contributed by atoms with E-state index in [2.05, 4.69) is 5.32 Å². The summed E-state index contributed by atoms with van der Waals surface area (Å²) in [4.78, 5) is 39.4. The molecule has 3 aromatic rings. The molecular weight excluding hydrogens is 634 g/mol. The van der Waals surface area contributed by atoms with Crippen molar-refractivity contribution in [2.45, 2.75) is 82.9 Å². The Bertz CT molecular complexity index is 1710. The smallest absolute Gasteiger partial charge is 0.416 e. The van der Waals surface area contributed by atoms with Crippen molar-refractivity contribution in [2.75, 3.05) is 6.61 Å². The summed E-state index contributed by atoms with van der Waals surface area (Å²) < 4.78 is 70.9. The van der Waals surface area contributed by atoms with Gasteiger partial charge in [0.15, 0.2) is 6.10 Å². The number of carboxylic acids is 1. The Hall–Kier alpha value is -4.19. The first-order valence-electron chi connectivity index (χ1n) is 16.1. The van der Waals surface area contributed by atoms with Gasteiger partial charge < -0.3 is 24.6 Å². The molecule has 0 saturated heterocycles. The molecule has 1 unspecified atom stereocenters. The molecule has 48 heavy (non-hydrogen) atoms. The highest BCUT2D eigenvalue weighted by Crippen LogP contribution is 2.64. The number of alkyl halides is 3. The van der Waals surface area contributed by atoms with Gasteiger partial charge in [-0.05, 0) is 112 Å². The van der Waals surface area contributed by atoms with Gasteiger partial charge in [-0.25, -0.2) is 14.0 Å². The predicted octanol–water partition coefficient (Wildman–Crippen LogP) is 7.07.